The number of allylic oxidation sites excluding steroid dienone is 1. The number of hydrogen-bond donors (Lipinski definition) is 2. The maximum absolute atomic E-state index is 11.3. The standard InChI is InChI=1S/C13H11BrN4O3/c1-21-11-3-2-7(14)4-8(11)10-5-9(12(19)20)17-13-15-6-16-18(10)13/h2-6,10H,1H3,(H,19,20)(H,15,16,17)/t10-/m1/s1. The Hall–Kier alpha value is -2.35. The molecule has 0 saturated heterocycles. The molecular formula is C13H11BrN4O3. The number of hydrogen-bond acceptors (Lipinski definition) is 5. The number of rotatable bonds is 3. The van der Waals surface area contributed by atoms with Crippen molar-refractivity contribution in [2.24, 2.45) is 0 Å². The van der Waals surface area contributed by atoms with Crippen LogP contribution in [0.1, 0.15) is 11.6 Å². The van der Waals surface area contributed by atoms with Gasteiger partial charge in [-0.2, -0.15) is 10.1 Å². The number of fused-ring (bicyclic) bond motifs is 1. The van der Waals surface area contributed by atoms with Gasteiger partial charge in [0.25, 0.3) is 0 Å². The van der Waals surface area contributed by atoms with E-state index in [0.717, 1.165) is 10.0 Å². The highest BCUT2D eigenvalue weighted by molar-refractivity contribution is 9.10. The van der Waals surface area contributed by atoms with Crippen LogP contribution in [0.2, 0.25) is 0 Å². The lowest BCUT2D eigenvalue weighted by Gasteiger charge is -2.24. The van der Waals surface area contributed by atoms with E-state index in [1.165, 1.54) is 6.33 Å². The van der Waals surface area contributed by atoms with Gasteiger partial charge in [0.2, 0.25) is 5.95 Å². The molecule has 0 saturated carbocycles. The summed E-state index contributed by atoms with van der Waals surface area (Å²) in [6.45, 7) is 0. The van der Waals surface area contributed by atoms with Crippen LogP contribution in [0.5, 0.6) is 5.75 Å². The zero-order valence-corrected chi connectivity index (χ0v) is 12.5. The Labute approximate surface area is 128 Å². The van der Waals surface area contributed by atoms with Crippen LogP contribution >= 0.6 is 15.9 Å². The highest BCUT2D eigenvalue weighted by atomic mass is 79.9. The highest BCUT2D eigenvalue weighted by Crippen LogP contribution is 2.35. The van der Waals surface area contributed by atoms with Crippen LogP contribution in [0.25, 0.3) is 0 Å². The summed E-state index contributed by atoms with van der Waals surface area (Å²) < 4.78 is 7.83. The van der Waals surface area contributed by atoms with Crippen LogP contribution in [-0.2, 0) is 4.79 Å². The molecule has 1 aromatic carbocycles. The summed E-state index contributed by atoms with van der Waals surface area (Å²) in [5, 5.41) is 16.1. The average Bonchev–Trinajstić information content (AvgIpc) is 2.94. The fraction of sp³-hybridized carbons (Fsp3) is 0.154. The zero-order chi connectivity index (χ0) is 15.0. The van der Waals surface area contributed by atoms with Crippen molar-refractivity contribution in [2.75, 3.05) is 12.4 Å². The number of halogens is 1. The molecule has 2 heterocycles. The zero-order valence-electron chi connectivity index (χ0n) is 10.9. The molecule has 0 aliphatic carbocycles. The molecule has 0 spiro atoms. The molecule has 3 rings (SSSR count). The van der Waals surface area contributed by atoms with Crippen molar-refractivity contribution in [3.8, 4) is 5.75 Å². The third kappa shape index (κ3) is 2.38. The first kappa shape index (κ1) is 13.6. The number of nitrogens with zero attached hydrogens (tertiary/aromatic N) is 3. The summed E-state index contributed by atoms with van der Waals surface area (Å²) in [6.07, 6.45) is 2.95. The quantitative estimate of drug-likeness (QED) is 0.880. The molecule has 8 heteroatoms. The van der Waals surface area contributed by atoms with Gasteiger partial charge in [-0.15, -0.1) is 0 Å². The monoisotopic (exact) mass is 350 g/mol. The Morgan fingerprint density at radius 1 is 1.52 bits per heavy atom. The molecule has 1 aromatic heterocycles. The maximum Gasteiger partial charge on any atom is 0.352 e. The minimum absolute atomic E-state index is 0.0579. The van der Waals surface area contributed by atoms with Crippen LogP contribution < -0.4 is 10.1 Å². The van der Waals surface area contributed by atoms with Gasteiger partial charge in [0, 0.05) is 10.0 Å². The van der Waals surface area contributed by atoms with Crippen LogP contribution in [0.3, 0.4) is 0 Å². The van der Waals surface area contributed by atoms with Gasteiger partial charge < -0.3 is 15.2 Å². The molecule has 1 aliphatic heterocycles. The van der Waals surface area contributed by atoms with E-state index in [4.69, 9.17) is 4.74 Å². The van der Waals surface area contributed by atoms with Crippen molar-refractivity contribution in [3.63, 3.8) is 0 Å². The van der Waals surface area contributed by atoms with Gasteiger partial charge >= 0.3 is 5.97 Å². The van der Waals surface area contributed by atoms with Crippen molar-refractivity contribution < 1.29 is 14.6 Å². The van der Waals surface area contributed by atoms with Crippen molar-refractivity contribution in [2.45, 2.75) is 6.04 Å². The number of carboxylic acids is 1. The van der Waals surface area contributed by atoms with E-state index in [1.54, 1.807) is 17.9 Å². The van der Waals surface area contributed by atoms with Crippen molar-refractivity contribution in [1.82, 2.24) is 14.8 Å². The Bertz CT molecular complexity index is 741. The molecule has 2 N–H and O–H groups in total. The smallest absolute Gasteiger partial charge is 0.352 e. The number of ether oxygens (including phenoxy) is 1. The van der Waals surface area contributed by atoms with Crippen LogP contribution in [0.4, 0.5) is 5.95 Å². The van der Waals surface area contributed by atoms with Gasteiger partial charge in [-0.3, -0.25) is 0 Å². The Morgan fingerprint density at radius 2 is 2.33 bits per heavy atom. The van der Waals surface area contributed by atoms with Crippen LogP contribution in [-0.4, -0.2) is 33.0 Å². The van der Waals surface area contributed by atoms with Crippen molar-refractivity contribution in [3.05, 3.63) is 46.3 Å². The van der Waals surface area contributed by atoms with E-state index in [1.807, 2.05) is 18.2 Å². The predicted octanol–water partition coefficient (Wildman–Crippen LogP) is 2.03. The van der Waals surface area contributed by atoms with E-state index in [-0.39, 0.29) is 5.70 Å². The number of carboxylic acid groups (broad SMARTS) is 1. The SMILES string of the molecule is COc1ccc(Br)cc1[C@H]1C=C(C(=O)O)Nc2ncnn21. The maximum atomic E-state index is 11.3. The van der Waals surface area contributed by atoms with E-state index >= 15 is 0 Å². The number of anilines is 1. The molecule has 1 aliphatic rings. The topological polar surface area (TPSA) is 89.3 Å². The molecule has 0 bridgehead atoms. The lowest BCUT2D eigenvalue weighted by molar-refractivity contribution is -0.132. The van der Waals surface area contributed by atoms with Gasteiger partial charge in [0.05, 0.1) is 7.11 Å². The normalized spacial score (nSPS) is 16.7. The molecular weight excluding hydrogens is 340 g/mol. The van der Waals surface area contributed by atoms with Crippen molar-refractivity contribution >= 4 is 27.8 Å². The number of aromatic nitrogens is 3. The fourth-order valence-electron chi connectivity index (χ4n) is 2.22. The molecule has 0 fully saturated rings. The van der Waals surface area contributed by atoms with E-state index < -0.39 is 12.0 Å². The van der Waals surface area contributed by atoms with Gasteiger partial charge in [0.15, 0.2) is 0 Å². The Kier molecular flexibility index (Phi) is 3.38. The van der Waals surface area contributed by atoms with Gasteiger partial charge in [-0.1, -0.05) is 15.9 Å². The summed E-state index contributed by atoms with van der Waals surface area (Å²) in [6, 6.07) is 5.12. The third-order valence-corrected chi connectivity index (χ3v) is 3.64. The fourth-order valence-corrected chi connectivity index (χ4v) is 2.60. The minimum Gasteiger partial charge on any atom is -0.496 e. The summed E-state index contributed by atoms with van der Waals surface area (Å²) in [4.78, 5) is 15.3. The van der Waals surface area contributed by atoms with Gasteiger partial charge in [-0.05, 0) is 24.3 Å². The highest BCUT2D eigenvalue weighted by Gasteiger charge is 2.27. The number of aliphatic carboxylic acids is 1. The predicted molar refractivity (Wildman–Crippen MR) is 78.2 cm³/mol. The largest absolute Gasteiger partial charge is 0.496 e. The summed E-state index contributed by atoms with van der Waals surface area (Å²) >= 11 is 3.41. The first-order valence-electron chi connectivity index (χ1n) is 6.05. The van der Waals surface area contributed by atoms with Crippen LogP contribution in [0, 0.1) is 0 Å². The summed E-state index contributed by atoms with van der Waals surface area (Å²) in [5.74, 6) is -0.0299. The third-order valence-electron chi connectivity index (χ3n) is 3.15. The van der Waals surface area contributed by atoms with E-state index in [9.17, 15) is 9.90 Å². The minimum atomic E-state index is -1.05. The molecule has 21 heavy (non-hydrogen) atoms. The lowest BCUT2D eigenvalue weighted by atomic mass is 10.0. The molecule has 7 nitrogen and oxygen atoms in total. The van der Waals surface area contributed by atoms with E-state index in [2.05, 4.69) is 31.3 Å². The number of nitrogens with one attached hydrogen (secondary N) is 1. The second kappa shape index (κ2) is 5.21. The van der Waals surface area contributed by atoms with E-state index in [0.29, 0.717) is 11.7 Å². The molecule has 2 aromatic rings. The Morgan fingerprint density at radius 3 is 3.05 bits per heavy atom. The number of benzene rings is 1. The molecule has 0 unspecified atom stereocenters. The second-order valence-corrected chi connectivity index (χ2v) is 5.29. The molecule has 0 amide bonds. The summed E-state index contributed by atoms with van der Waals surface area (Å²) in [5.41, 5.74) is 0.849. The van der Waals surface area contributed by atoms with Gasteiger partial charge in [-0.25, -0.2) is 9.48 Å². The first-order chi connectivity index (χ1) is 10.1. The average molecular weight is 351 g/mol. The lowest BCUT2D eigenvalue weighted by Crippen LogP contribution is -2.24. The first-order valence-corrected chi connectivity index (χ1v) is 6.84. The second-order valence-electron chi connectivity index (χ2n) is 4.37. The summed E-state index contributed by atoms with van der Waals surface area (Å²) in [7, 11) is 1.57. The molecule has 1 atom stereocenters. The molecule has 108 valence electrons. The number of carbonyl (C=O) groups is 1. The van der Waals surface area contributed by atoms with Crippen molar-refractivity contribution in [1.29, 1.82) is 0 Å². The van der Waals surface area contributed by atoms with Gasteiger partial charge in [0.1, 0.15) is 23.8 Å². The Balaban J connectivity index is 2.17. The number of methoxy groups -OCH3 is 1. The van der Waals surface area contributed by atoms with Crippen LogP contribution in [0.15, 0.2) is 40.8 Å². The molecule has 0 radical (unpaired) electrons.